The second-order valence-corrected chi connectivity index (χ2v) is 10.1. The first-order valence-electron chi connectivity index (χ1n) is 10.5. The van der Waals surface area contributed by atoms with E-state index in [0.29, 0.717) is 36.3 Å². The third kappa shape index (κ3) is 4.35. The highest BCUT2D eigenvalue weighted by Crippen LogP contribution is 2.32. The number of rotatable bonds is 8. The maximum atomic E-state index is 13.1. The second-order valence-electron chi connectivity index (χ2n) is 8.06. The minimum absolute atomic E-state index is 0.0579. The Kier molecular flexibility index (Phi) is 5.44. The first-order valence-corrected chi connectivity index (χ1v) is 12.2. The number of amides is 2. The highest BCUT2D eigenvalue weighted by molar-refractivity contribution is 7.10. The zero-order chi connectivity index (χ0) is 20.5. The molecular formula is C24H24N2O2S2. The van der Waals surface area contributed by atoms with Gasteiger partial charge < -0.3 is 9.80 Å². The molecule has 0 bridgehead atoms. The summed E-state index contributed by atoms with van der Waals surface area (Å²) in [5, 5.41) is 4.10. The molecule has 2 amide bonds. The molecule has 154 valence electrons. The Morgan fingerprint density at radius 3 is 1.40 bits per heavy atom. The van der Waals surface area contributed by atoms with Gasteiger partial charge in [0.15, 0.2) is 0 Å². The van der Waals surface area contributed by atoms with E-state index < -0.39 is 0 Å². The molecule has 2 aliphatic carbocycles. The van der Waals surface area contributed by atoms with Crippen LogP contribution in [0.25, 0.3) is 0 Å². The van der Waals surface area contributed by atoms with Crippen molar-refractivity contribution in [1.82, 2.24) is 9.80 Å². The summed E-state index contributed by atoms with van der Waals surface area (Å²) in [6.07, 6.45) is 4.30. The molecule has 30 heavy (non-hydrogen) atoms. The van der Waals surface area contributed by atoms with Gasteiger partial charge in [-0.1, -0.05) is 12.1 Å². The summed E-state index contributed by atoms with van der Waals surface area (Å²) in [4.78, 5) is 32.6. The number of carbonyl (C=O) groups excluding carboxylic acids is 2. The van der Waals surface area contributed by atoms with Gasteiger partial charge in [0, 0.05) is 33.0 Å². The van der Waals surface area contributed by atoms with Crippen LogP contribution in [-0.4, -0.2) is 33.7 Å². The zero-order valence-electron chi connectivity index (χ0n) is 16.7. The largest absolute Gasteiger partial charge is 0.331 e. The molecule has 2 saturated carbocycles. The number of hydrogen-bond acceptors (Lipinski definition) is 4. The van der Waals surface area contributed by atoms with Crippen LogP contribution in [0.2, 0.25) is 0 Å². The van der Waals surface area contributed by atoms with E-state index in [0.717, 1.165) is 25.7 Å². The zero-order valence-corrected chi connectivity index (χ0v) is 18.3. The van der Waals surface area contributed by atoms with Crippen molar-refractivity contribution in [2.24, 2.45) is 0 Å². The van der Waals surface area contributed by atoms with Crippen molar-refractivity contribution < 1.29 is 9.59 Å². The van der Waals surface area contributed by atoms with E-state index in [1.165, 1.54) is 9.75 Å². The Labute approximate surface area is 184 Å². The molecule has 1 aromatic carbocycles. The van der Waals surface area contributed by atoms with Crippen molar-refractivity contribution >= 4 is 34.5 Å². The minimum Gasteiger partial charge on any atom is -0.331 e. The van der Waals surface area contributed by atoms with Gasteiger partial charge in [0.2, 0.25) is 0 Å². The highest BCUT2D eigenvalue weighted by Gasteiger charge is 2.35. The lowest BCUT2D eigenvalue weighted by molar-refractivity contribution is 0.0719. The standard InChI is InChI=1S/C24H24N2O2S2/c27-23(25(19-9-10-19)15-21-3-1-13-29-21)17-5-7-18(8-6-17)24(28)26(20-11-12-20)16-22-4-2-14-30-22/h1-8,13-14,19-20H,9-12,15-16H2. The molecule has 0 radical (unpaired) electrons. The molecule has 6 heteroatoms. The second kappa shape index (κ2) is 8.36. The van der Waals surface area contributed by atoms with Gasteiger partial charge in [0.05, 0.1) is 13.1 Å². The molecule has 0 unspecified atom stereocenters. The number of nitrogens with zero attached hydrogens (tertiary/aromatic N) is 2. The van der Waals surface area contributed by atoms with Crippen LogP contribution in [0, 0.1) is 0 Å². The topological polar surface area (TPSA) is 40.6 Å². The molecule has 5 rings (SSSR count). The Bertz CT molecular complexity index is 921. The van der Waals surface area contributed by atoms with E-state index in [4.69, 9.17) is 0 Å². The molecule has 0 saturated heterocycles. The Morgan fingerprint density at radius 1 is 0.700 bits per heavy atom. The maximum absolute atomic E-state index is 13.1. The van der Waals surface area contributed by atoms with Gasteiger partial charge >= 0.3 is 0 Å². The maximum Gasteiger partial charge on any atom is 0.254 e. The number of carbonyl (C=O) groups is 2. The van der Waals surface area contributed by atoms with Gasteiger partial charge in [-0.15, -0.1) is 22.7 Å². The SMILES string of the molecule is O=C(c1ccc(C(=O)N(Cc2cccs2)C2CC2)cc1)N(Cc1cccs1)C1CC1. The number of hydrogen-bond donors (Lipinski definition) is 0. The third-order valence-electron chi connectivity index (χ3n) is 5.69. The van der Waals surface area contributed by atoms with E-state index in [1.807, 2.05) is 57.0 Å². The third-order valence-corrected chi connectivity index (χ3v) is 7.41. The van der Waals surface area contributed by atoms with E-state index in [1.54, 1.807) is 22.7 Å². The predicted octanol–water partition coefficient (Wildman–Crippen LogP) is 5.42. The summed E-state index contributed by atoms with van der Waals surface area (Å²) in [5.41, 5.74) is 1.32. The lowest BCUT2D eigenvalue weighted by Crippen LogP contribution is -2.33. The Morgan fingerprint density at radius 2 is 1.10 bits per heavy atom. The van der Waals surface area contributed by atoms with Crippen molar-refractivity contribution in [3.8, 4) is 0 Å². The molecule has 2 fully saturated rings. The van der Waals surface area contributed by atoms with Crippen LogP contribution in [0.4, 0.5) is 0 Å². The summed E-state index contributed by atoms with van der Waals surface area (Å²) in [6, 6.07) is 16.2. The van der Waals surface area contributed by atoms with E-state index in [2.05, 4.69) is 12.1 Å². The van der Waals surface area contributed by atoms with Gasteiger partial charge in [-0.2, -0.15) is 0 Å². The lowest BCUT2D eigenvalue weighted by atomic mass is 10.1. The Balaban J connectivity index is 1.30. The fourth-order valence-corrected chi connectivity index (χ4v) is 5.14. The number of thiophene rings is 2. The van der Waals surface area contributed by atoms with Crippen LogP contribution in [0.5, 0.6) is 0 Å². The first-order chi connectivity index (χ1) is 14.7. The van der Waals surface area contributed by atoms with Gasteiger partial charge in [0.1, 0.15) is 0 Å². The molecule has 2 aliphatic rings. The van der Waals surface area contributed by atoms with Crippen molar-refractivity contribution in [3.63, 3.8) is 0 Å². The van der Waals surface area contributed by atoms with Crippen LogP contribution in [0.1, 0.15) is 56.2 Å². The van der Waals surface area contributed by atoms with Crippen LogP contribution < -0.4 is 0 Å². The van der Waals surface area contributed by atoms with Crippen molar-refractivity contribution in [3.05, 3.63) is 80.2 Å². The summed E-state index contributed by atoms with van der Waals surface area (Å²) >= 11 is 3.37. The molecule has 0 atom stereocenters. The lowest BCUT2D eigenvalue weighted by Gasteiger charge is -2.23. The molecule has 0 aliphatic heterocycles. The normalized spacial score (nSPS) is 15.7. The van der Waals surface area contributed by atoms with Crippen LogP contribution in [0.15, 0.2) is 59.3 Å². The highest BCUT2D eigenvalue weighted by atomic mass is 32.1. The molecule has 0 N–H and O–H groups in total. The molecule has 2 heterocycles. The summed E-state index contributed by atoms with van der Waals surface area (Å²) in [7, 11) is 0. The van der Waals surface area contributed by atoms with Gasteiger partial charge in [-0.05, 0) is 72.8 Å². The molecule has 0 spiro atoms. The monoisotopic (exact) mass is 436 g/mol. The summed E-state index contributed by atoms with van der Waals surface area (Å²) in [5.74, 6) is 0.116. The average Bonchev–Trinajstić information content (AvgIpc) is 3.69. The predicted molar refractivity (Wildman–Crippen MR) is 121 cm³/mol. The van der Waals surface area contributed by atoms with Crippen molar-refractivity contribution in [2.75, 3.05) is 0 Å². The van der Waals surface area contributed by atoms with Gasteiger partial charge in [0.25, 0.3) is 11.8 Å². The first kappa shape index (κ1) is 19.5. The quantitative estimate of drug-likeness (QED) is 0.473. The van der Waals surface area contributed by atoms with Crippen LogP contribution >= 0.6 is 22.7 Å². The Hall–Kier alpha value is -2.44. The smallest absolute Gasteiger partial charge is 0.254 e. The van der Waals surface area contributed by atoms with Crippen molar-refractivity contribution in [2.45, 2.75) is 50.9 Å². The minimum atomic E-state index is 0.0579. The van der Waals surface area contributed by atoms with E-state index in [-0.39, 0.29) is 11.8 Å². The molecule has 2 aromatic heterocycles. The summed E-state index contributed by atoms with van der Waals surface area (Å²) in [6.45, 7) is 1.33. The fraction of sp³-hybridized carbons (Fsp3) is 0.333. The van der Waals surface area contributed by atoms with Gasteiger partial charge in [-0.3, -0.25) is 9.59 Å². The van der Waals surface area contributed by atoms with E-state index >= 15 is 0 Å². The van der Waals surface area contributed by atoms with Crippen LogP contribution in [-0.2, 0) is 13.1 Å². The molecular weight excluding hydrogens is 412 g/mol. The van der Waals surface area contributed by atoms with Crippen LogP contribution in [0.3, 0.4) is 0 Å². The fourth-order valence-electron chi connectivity index (χ4n) is 3.73. The van der Waals surface area contributed by atoms with Crippen molar-refractivity contribution in [1.29, 1.82) is 0 Å². The average molecular weight is 437 g/mol. The van der Waals surface area contributed by atoms with Gasteiger partial charge in [-0.25, -0.2) is 0 Å². The number of benzene rings is 1. The summed E-state index contributed by atoms with van der Waals surface area (Å²) < 4.78 is 0. The molecule has 4 nitrogen and oxygen atoms in total. The van der Waals surface area contributed by atoms with E-state index in [9.17, 15) is 9.59 Å². The molecule has 3 aromatic rings.